The van der Waals surface area contributed by atoms with Crippen LogP contribution in [0.25, 0.3) is 0 Å². The average molecular weight is 292 g/mol. The van der Waals surface area contributed by atoms with Crippen molar-refractivity contribution >= 4 is 22.4 Å². The van der Waals surface area contributed by atoms with Gasteiger partial charge in [0, 0.05) is 11.1 Å². The SMILES string of the molecule is COc1cc(C)ccc1OCC(=O)Nc1ncc(C)s1. The second-order valence-corrected chi connectivity index (χ2v) is 5.50. The summed E-state index contributed by atoms with van der Waals surface area (Å²) < 4.78 is 10.7. The number of benzene rings is 1. The van der Waals surface area contributed by atoms with Gasteiger partial charge >= 0.3 is 0 Å². The maximum absolute atomic E-state index is 11.8. The van der Waals surface area contributed by atoms with Gasteiger partial charge in [0.1, 0.15) is 0 Å². The molecule has 0 aliphatic rings. The Balaban J connectivity index is 1.93. The first-order valence-corrected chi connectivity index (χ1v) is 6.90. The highest BCUT2D eigenvalue weighted by atomic mass is 32.1. The molecule has 0 bridgehead atoms. The molecular formula is C14H16N2O3S. The number of methoxy groups -OCH3 is 1. The molecule has 1 heterocycles. The molecule has 0 atom stereocenters. The van der Waals surface area contributed by atoms with Crippen molar-refractivity contribution in [2.24, 2.45) is 0 Å². The van der Waals surface area contributed by atoms with Crippen molar-refractivity contribution in [1.29, 1.82) is 0 Å². The summed E-state index contributed by atoms with van der Waals surface area (Å²) in [5.74, 6) is 0.911. The van der Waals surface area contributed by atoms with Crippen LogP contribution in [0, 0.1) is 13.8 Å². The second kappa shape index (κ2) is 6.38. The molecule has 0 radical (unpaired) electrons. The molecule has 0 spiro atoms. The molecule has 1 aromatic carbocycles. The third kappa shape index (κ3) is 3.71. The first kappa shape index (κ1) is 14.3. The minimum absolute atomic E-state index is 0.0853. The first-order valence-electron chi connectivity index (χ1n) is 6.08. The summed E-state index contributed by atoms with van der Waals surface area (Å²) in [6, 6.07) is 5.55. The Kier molecular flexibility index (Phi) is 4.57. The van der Waals surface area contributed by atoms with Crippen molar-refractivity contribution < 1.29 is 14.3 Å². The Morgan fingerprint density at radius 1 is 1.35 bits per heavy atom. The number of nitrogens with zero attached hydrogens (tertiary/aromatic N) is 1. The highest BCUT2D eigenvalue weighted by molar-refractivity contribution is 7.15. The molecule has 5 nitrogen and oxygen atoms in total. The van der Waals surface area contributed by atoms with E-state index in [1.54, 1.807) is 19.4 Å². The third-order valence-corrected chi connectivity index (χ3v) is 3.37. The van der Waals surface area contributed by atoms with Crippen molar-refractivity contribution in [3.63, 3.8) is 0 Å². The number of hydrogen-bond donors (Lipinski definition) is 1. The number of aryl methyl sites for hydroxylation is 2. The Bertz CT molecular complexity index is 610. The molecule has 0 saturated heterocycles. The molecule has 2 rings (SSSR count). The summed E-state index contributed by atoms with van der Waals surface area (Å²) in [7, 11) is 1.57. The highest BCUT2D eigenvalue weighted by Gasteiger charge is 2.09. The van der Waals surface area contributed by atoms with Crippen molar-refractivity contribution in [3.8, 4) is 11.5 Å². The summed E-state index contributed by atoms with van der Waals surface area (Å²) in [5, 5.41) is 3.26. The first-order chi connectivity index (χ1) is 9.58. The molecule has 6 heteroatoms. The lowest BCUT2D eigenvalue weighted by Crippen LogP contribution is -2.20. The van der Waals surface area contributed by atoms with E-state index in [0.29, 0.717) is 16.6 Å². The number of ether oxygens (including phenoxy) is 2. The normalized spacial score (nSPS) is 10.2. The van der Waals surface area contributed by atoms with Gasteiger partial charge in [-0.25, -0.2) is 4.98 Å². The number of hydrogen-bond acceptors (Lipinski definition) is 5. The zero-order valence-corrected chi connectivity index (χ0v) is 12.4. The smallest absolute Gasteiger partial charge is 0.264 e. The van der Waals surface area contributed by atoms with Crippen LogP contribution in [0.4, 0.5) is 5.13 Å². The van der Waals surface area contributed by atoms with Gasteiger partial charge in [0.25, 0.3) is 5.91 Å². The Morgan fingerprint density at radius 3 is 2.80 bits per heavy atom. The van der Waals surface area contributed by atoms with E-state index in [2.05, 4.69) is 10.3 Å². The number of amides is 1. The van der Waals surface area contributed by atoms with E-state index < -0.39 is 0 Å². The minimum Gasteiger partial charge on any atom is -0.493 e. The summed E-state index contributed by atoms with van der Waals surface area (Å²) >= 11 is 1.42. The molecule has 0 aliphatic heterocycles. The van der Waals surface area contributed by atoms with Gasteiger partial charge in [0.05, 0.1) is 7.11 Å². The summed E-state index contributed by atoms with van der Waals surface area (Å²) in [6.07, 6.45) is 1.71. The predicted molar refractivity (Wildman–Crippen MR) is 78.7 cm³/mol. The van der Waals surface area contributed by atoms with Gasteiger partial charge in [0.2, 0.25) is 0 Å². The quantitative estimate of drug-likeness (QED) is 0.920. The van der Waals surface area contributed by atoms with E-state index in [4.69, 9.17) is 9.47 Å². The number of nitrogens with one attached hydrogen (secondary N) is 1. The zero-order chi connectivity index (χ0) is 14.5. The van der Waals surface area contributed by atoms with Crippen molar-refractivity contribution in [2.75, 3.05) is 19.0 Å². The van der Waals surface area contributed by atoms with Gasteiger partial charge in [-0.2, -0.15) is 0 Å². The largest absolute Gasteiger partial charge is 0.493 e. The molecule has 1 aromatic heterocycles. The van der Waals surface area contributed by atoms with Gasteiger partial charge in [-0.05, 0) is 31.5 Å². The molecule has 0 unspecified atom stereocenters. The van der Waals surface area contributed by atoms with Gasteiger partial charge in [0.15, 0.2) is 23.2 Å². The summed E-state index contributed by atoms with van der Waals surface area (Å²) in [4.78, 5) is 16.9. The molecule has 106 valence electrons. The summed E-state index contributed by atoms with van der Waals surface area (Å²) in [5.41, 5.74) is 1.07. The van der Waals surface area contributed by atoms with Crippen LogP contribution in [0.2, 0.25) is 0 Å². The lowest BCUT2D eigenvalue weighted by molar-refractivity contribution is -0.118. The van der Waals surface area contributed by atoms with Crippen LogP contribution in [0.3, 0.4) is 0 Å². The van der Waals surface area contributed by atoms with Crippen LogP contribution >= 0.6 is 11.3 Å². The Hall–Kier alpha value is -2.08. The zero-order valence-electron chi connectivity index (χ0n) is 11.6. The molecule has 0 fully saturated rings. The van der Waals surface area contributed by atoms with E-state index in [9.17, 15) is 4.79 Å². The second-order valence-electron chi connectivity index (χ2n) is 4.27. The molecule has 1 N–H and O–H groups in total. The number of carbonyl (C=O) groups is 1. The summed E-state index contributed by atoms with van der Waals surface area (Å²) in [6.45, 7) is 3.81. The van der Waals surface area contributed by atoms with Crippen molar-refractivity contribution in [3.05, 3.63) is 34.8 Å². The van der Waals surface area contributed by atoms with E-state index in [0.717, 1.165) is 10.4 Å². The Morgan fingerprint density at radius 2 is 2.15 bits per heavy atom. The highest BCUT2D eigenvalue weighted by Crippen LogP contribution is 2.27. The fourth-order valence-corrected chi connectivity index (χ4v) is 2.29. The van der Waals surface area contributed by atoms with Crippen molar-refractivity contribution in [2.45, 2.75) is 13.8 Å². The third-order valence-electron chi connectivity index (χ3n) is 2.55. The number of carbonyl (C=O) groups excluding carboxylic acids is 1. The van der Waals surface area contributed by atoms with Gasteiger partial charge < -0.3 is 9.47 Å². The Labute approximate surface area is 121 Å². The molecule has 2 aromatic rings. The number of thiazole rings is 1. The van der Waals surface area contributed by atoms with Crippen LogP contribution in [0.1, 0.15) is 10.4 Å². The molecule has 0 aliphatic carbocycles. The number of anilines is 1. The van der Waals surface area contributed by atoms with E-state index in [-0.39, 0.29) is 12.5 Å². The van der Waals surface area contributed by atoms with E-state index in [1.165, 1.54) is 11.3 Å². The maximum Gasteiger partial charge on any atom is 0.264 e. The maximum atomic E-state index is 11.8. The van der Waals surface area contributed by atoms with Crippen LogP contribution in [0.15, 0.2) is 24.4 Å². The van der Waals surface area contributed by atoms with Crippen LogP contribution in [-0.4, -0.2) is 24.6 Å². The van der Waals surface area contributed by atoms with Crippen LogP contribution in [0.5, 0.6) is 11.5 Å². The van der Waals surface area contributed by atoms with E-state index >= 15 is 0 Å². The fraction of sp³-hybridized carbons (Fsp3) is 0.286. The average Bonchev–Trinajstić information content (AvgIpc) is 2.82. The number of aromatic nitrogens is 1. The van der Waals surface area contributed by atoms with Gasteiger partial charge in [-0.1, -0.05) is 6.07 Å². The monoisotopic (exact) mass is 292 g/mol. The molecule has 20 heavy (non-hydrogen) atoms. The molecular weight excluding hydrogens is 276 g/mol. The molecule has 0 saturated carbocycles. The van der Waals surface area contributed by atoms with Crippen LogP contribution in [-0.2, 0) is 4.79 Å². The van der Waals surface area contributed by atoms with Gasteiger partial charge in [-0.15, -0.1) is 11.3 Å². The van der Waals surface area contributed by atoms with Crippen LogP contribution < -0.4 is 14.8 Å². The predicted octanol–water partition coefficient (Wildman–Crippen LogP) is 2.79. The fourth-order valence-electron chi connectivity index (χ4n) is 1.61. The molecule has 1 amide bonds. The van der Waals surface area contributed by atoms with E-state index in [1.807, 2.05) is 26.0 Å². The standard InChI is InChI=1S/C14H16N2O3S/c1-9-4-5-11(12(6-9)18-3)19-8-13(17)16-14-15-7-10(2)20-14/h4-7H,8H2,1-3H3,(H,15,16,17). The number of rotatable bonds is 5. The lowest BCUT2D eigenvalue weighted by atomic mass is 10.2. The topological polar surface area (TPSA) is 60.5 Å². The lowest BCUT2D eigenvalue weighted by Gasteiger charge is -2.10. The van der Waals surface area contributed by atoms with Crippen molar-refractivity contribution in [1.82, 2.24) is 4.98 Å². The minimum atomic E-state index is -0.248. The van der Waals surface area contributed by atoms with Gasteiger partial charge in [-0.3, -0.25) is 10.1 Å².